The zero-order valence-corrected chi connectivity index (χ0v) is 26.9. The van der Waals surface area contributed by atoms with Crippen molar-refractivity contribution in [3.63, 3.8) is 0 Å². The molecule has 0 atom stereocenters. The number of unbranched alkanes of at least 4 members (excludes halogenated alkanes) is 1. The van der Waals surface area contributed by atoms with E-state index in [0.717, 1.165) is 34.0 Å². The number of benzene rings is 2. The molecule has 0 fully saturated rings. The Labute approximate surface area is 259 Å². The van der Waals surface area contributed by atoms with E-state index in [1.165, 1.54) is 25.0 Å². The van der Waals surface area contributed by atoms with Gasteiger partial charge in [0.2, 0.25) is 0 Å². The topological polar surface area (TPSA) is 80.5 Å². The number of fused-ring (bicyclic) bond motifs is 1. The highest BCUT2D eigenvalue weighted by Crippen LogP contribution is 2.32. The summed E-state index contributed by atoms with van der Waals surface area (Å²) in [6, 6.07) is 10.6. The monoisotopic (exact) mass is 613 g/mol. The van der Waals surface area contributed by atoms with Crippen LogP contribution in [0, 0.1) is 5.92 Å². The maximum Gasteiger partial charge on any atom is 0.416 e. The van der Waals surface area contributed by atoms with Gasteiger partial charge in [0.1, 0.15) is 11.5 Å². The second kappa shape index (κ2) is 17.4. The highest BCUT2D eigenvalue weighted by molar-refractivity contribution is 5.98. The molecular weight excluding hydrogens is 567 g/mol. The highest BCUT2D eigenvalue weighted by Gasteiger charge is 2.30. The van der Waals surface area contributed by atoms with Crippen molar-refractivity contribution in [2.45, 2.75) is 80.4 Å². The van der Waals surface area contributed by atoms with Gasteiger partial charge in [0, 0.05) is 42.3 Å². The van der Waals surface area contributed by atoms with Gasteiger partial charge in [-0.25, -0.2) is 10.1 Å². The minimum absolute atomic E-state index is 0.150. The molecule has 2 aromatic rings. The van der Waals surface area contributed by atoms with E-state index in [9.17, 15) is 23.2 Å². The zero-order valence-electron chi connectivity index (χ0n) is 26.9. The van der Waals surface area contributed by atoms with Gasteiger partial charge >= 0.3 is 6.18 Å². The average Bonchev–Trinajstić information content (AvgIpc) is 2.99. The van der Waals surface area contributed by atoms with Gasteiger partial charge in [-0.05, 0) is 68.7 Å². The number of rotatable bonds is 9. The van der Waals surface area contributed by atoms with Crippen molar-refractivity contribution >= 4 is 28.8 Å². The first-order valence-corrected chi connectivity index (χ1v) is 15.1. The molecule has 10 heteroatoms. The number of hydrogen-bond acceptors (Lipinski definition) is 5. The molecule has 0 radical (unpaired) electrons. The molecule has 0 aromatic heterocycles. The molecule has 44 heavy (non-hydrogen) atoms. The third-order valence-corrected chi connectivity index (χ3v) is 6.88. The summed E-state index contributed by atoms with van der Waals surface area (Å²) in [4.78, 5) is 24.0. The number of amides is 1. The van der Waals surface area contributed by atoms with E-state index in [2.05, 4.69) is 29.1 Å². The maximum atomic E-state index is 13.5. The van der Waals surface area contributed by atoms with Crippen molar-refractivity contribution in [3.05, 3.63) is 83.2 Å². The third-order valence-electron chi connectivity index (χ3n) is 6.88. The number of carbonyl (C=O) groups excluding carboxylic acids is 1. The van der Waals surface area contributed by atoms with Crippen LogP contribution in [0.15, 0.2) is 76.5 Å². The van der Waals surface area contributed by atoms with Crippen LogP contribution in [0.1, 0.15) is 78.0 Å². The summed E-state index contributed by atoms with van der Waals surface area (Å²) < 4.78 is 38.7. The number of allylic oxidation sites excluding steroid dienone is 2. The third kappa shape index (κ3) is 10.7. The fraction of sp³-hybridized carbons (Fsp3) is 0.441. The largest absolute Gasteiger partial charge is 0.416 e. The van der Waals surface area contributed by atoms with Gasteiger partial charge in [-0.3, -0.25) is 15.0 Å². The molecule has 2 aromatic carbocycles. The molecule has 3 rings (SSSR count). The first-order chi connectivity index (χ1) is 20.9. The smallest absolute Gasteiger partial charge is 0.355 e. The Morgan fingerprint density at radius 3 is 2.32 bits per heavy atom. The van der Waals surface area contributed by atoms with Gasteiger partial charge in [0.25, 0.3) is 5.91 Å². The Hall–Kier alpha value is -3.92. The first-order valence-electron chi connectivity index (χ1n) is 15.1. The molecule has 1 aliphatic heterocycles. The van der Waals surface area contributed by atoms with Crippen molar-refractivity contribution in [2.75, 3.05) is 18.4 Å². The molecular formula is C34H46F3N5O2. The second-order valence-electron chi connectivity index (χ2n) is 10.8. The number of halogens is 3. The number of carbonyl (C=O) groups is 1. The Bertz CT molecular complexity index is 1340. The van der Waals surface area contributed by atoms with E-state index in [0.29, 0.717) is 36.7 Å². The van der Waals surface area contributed by atoms with E-state index in [1.807, 2.05) is 39.0 Å². The van der Waals surface area contributed by atoms with E-state index < -0.39 is 11.7 Å². The number of nitrogens with zero attached hydrogens (tertiary/aromatic N) is 4. The van der Waals surface area contributed by atoms with E-state index in [1.54, 1.807) is 37.1 Å². The lowest BCUT2D eigenvalue weighted by molar-refractivity contribution is -0.137. The van der Waals surface area contributed by atoms with Crippen molar-refractivity contribution in [1.29, 1.82) is 0 Å². The van der Waals surface area contributed by atoms with Crippen LogP contribution in [-0.2, 0) is 23.9 Å². The summed E-state index contributed by atoms with van der Waals surface area (Å²) in [5, 5.41) is 14.9. The number of anilines is 2. The maximum absolute atomic E-state index is 13.5. The minimum atomic E-state index is -4.39. The fourth-order valence-corrected chi connectivity index (χ4v) is 4.34. The van der Waals surface area contributed by atoms with Crippen LogP contribution in [0.5, 0.6) is 0 Å². The van der Waals surface area contributed by atoms with Gasteiger partial charge in [-0.2, -0.15) is 13.2 Å². The summed E-state index contributed by atoms with van der Waals surface area (Å²) in [6.07, 6.45) is 3.90. The van der Waals surface area contributed by atoms with Crippen LogP contribution in [0.2, 0.25) is 0 Å². The highest BCUT2D eigenvalue weighted by atomic mass is 19.4. The summed E-state index contributed by atoms with van der Waals surface area (Å²) in [5.74, 6) is -0.0415. The Morgan fingerprint density at radius 2 is 1.77 bits per heavy atom. The molecule has 7 nitrogen and oxygen atoms in total. The molecule has 0 saturated carbocycles. The molecule has 1 amide bonds. The second-order valence-corrected chi connectivity index (χ2v) is 10.8. The predicted octanol–water partition coefficient (Wildman–Crippen LogP) is 8.78. The number of aliphatic imine (C=N–C) groups is 2. The fourth-order valence-electron chi connectivity index (χ4n) is 4.34. The van der Waals surface area contributed by atoms with Crippen LogP contribution < -0.4 is 5.32 Å². The van der Waals surface area contributed by atoms with E-state index in [4.69, 9.17) is 0 Å². The van der Waals surface area contributed by atoms with Crippen LogP contribution in [-0.4, -0.2) is 45.7 Å². The van der Waals surface area contributed by atoms with Crippen molar-refractivity contribution in [2.24, 2.45) is 15.9 Å². The number of amidine groups is 1. The first kappa shape index (κ1) is 36.3. The Balaban J connectivity index is 0.00000159. The van der Waals surface area contributed by atoms with Crippen LogP contribution in [0.4, 0.5) is 24.5 Å². The SMILES string of the molecule is C/C=C\N=C(C)CN(O)C(=N/C(=C\C)C(=O)N1CCc2c(cccc2Nc2ccc(C(F)(F)F)cc2)C1)C(C)C.CCCC. The van der Waals surface area contributed by atoms with Crippen molar-refractivity contribution in [3.8, 4) is 0 Å². The van der Waals surface area contributed by atoms with E-state index in [-0.39, 0.29) is 24.1 Å². The molecule has 1 aliphatic rings. The van der Waals surface area contributed by atoms with Crippen LogP contribution in [0.25, 0.3) is 0 Å². The van der Waals surface area contributed by atoms with Gasteiger partial charge < -0.3 is 10.2 Å². The molecule has 2 N–H and O–H groups in total. The lowest BCUT2D eigenvalue weighted by Gasteiger charge is -2.31. The van der Waals surface area contributed by atoms with E-state index >= 15 is 0 Å². The quantitative estimate of drug-likeness (QED) is 0.128. The summed E-state index contributed by atoms with van der Waals surface area (Å²) in [7, 11) is 0. The summed E-state index contributed by atoms with van der Waals surface area (Å²) in [5.41, 5.74) is 3.51. The number of nitrogens with one attached hydrogen (secondary N) is 1. The molecule has 0 saturated heterocycles. The molecule has 0 unspecified atom stereocenters. The van der Waals surface area contributed by atoms with Gasteiger partial charge in [0.05, 0.1) is 12.1 Å². The molecule has 0 bridgehead atoms. The number of hydrogen-bond donors (Lipinski definition) is 2. The number of hydroxylamine groups is 2. The van der Waals surface area contributed by atoms with Crippen LogP contribution >= 0.6 is 0 Å². The van der Waals surface area contributed by atoms with Gasteiger partial charge in [0.15, 0.2) is 0 Å². The Morgan fingerprint density at radius 1 is 1.11 bits per heavy atom. The van der Waals surface area contributed by atoms with Gasteiger partial charge in [-0.15, -0.1) is 0 Å². The molecule has 0 spiro atoms. The lowest BCUT2D eigenvalue weighted by atomic mass is 9.97. The average molecular weight is 614 g/mol. The predicted molar refractivity (Wildman–Crippen MR) is 173 cm³/mol. The zero-order chi connectivity index (χ0) is 32.9. The molecule has 1 heterocycles. The standard InChI is InChI=1S/C30H36F3N5O2.C4H10/c1-6-16-34-21(5)18-38(40)28(20(3)4)36-26(7-2)29(39)37-17-15-25-22(19-37)9-8-10-27(25)35-24-13-11-23(12-14-24)30(31,32)33;1-3-4-2/h6-14,16,20,35,40H,15,17-19H2,1-5H3;3-4H2,1-2H3/b16-6-,26-7-,34-21?,36-28?;. The molecule has 240 valence electrons. The lowest BCUT2D eigenvalue weighted by Crippen LogP contribution is -2.38. The summed E-state index contributed by atoms with van der Waals surface area (Å²) in [6.45, 7) is 14.5. The molecule has 0 aliphatic carbocycles. The number of alkyl halides is 3. The summed E-state index contributed by atoms with van der Waals surface area (Å²) >= 11 is 0. The normalized spacial score (nSPS) is 14.4. The Kier molecular flexibility index (Phi) is 14.3. The minimum Gasteiger partial charge on any atom is -0.355 e. The van der Waals surface area contributed by atoms with Crippen molar-refractivity contribution < 1.29 is 23.2 Å². The van der Waals surface area contributed by atoms with Gasteiger partial charge in [-0.1, -0.05) is 64.8 Å². The van der Waals surface area contributed by atoms with Crippen molar-refractivity contribution in [1.82, 2.24) is 9.96 Å². The van der Waals surface area contributed by atoms with Crippen LogP contribution in [0.3, 0.4) is 0 Å².